The van der Waals surface area contributed by atoms with E-state index in [1.807, 2.05) is 0 Å². The van der Waals surface area contributed by atoms with Gasteiger partial charge >= 0.3 is 29.6 Å². The van der Waals surface area contributed by atoms with Crippen molar-refractivity contribution in [2.45, 2.75) is 6.42 Å². The van der Waals surface area contributed by atoms with Crippen LogP contribution in [-0.2, 0) is 6.42 Å². The number of phenols is 1. The standard InChI is InChI=1S/C10H10O3.Na/c1-2-3-7-6-8(11)4-5-9(7)10(12)13;/h2,4-6,11H,1,3H2,(H,12,13);/q;+1/p-1. The number of carboxylic acids is 1. The molecule has 0 atom stereocenters. The number of carbonyl (C=O) groups is 1. The van der Waals surface area contributed by atoms with Gasteiger partial charge in [0.15, 0.2) is 0 Å². The van der Waals surface area contributed by atoms with Gasteiger partial charge < -0.3 is 15.0 Å². The van der Waals surface area contributed by atoms with Crippen molar-refractivity contribution in [2.24, 2.45) is 0 Å². The van der Waals surface area contributed by atoms with Gasteiger partial charge in [-0.3, -0.25) is 0 Å². The molecule has 0 aliphatic heterocycles. The number of benzene rings is 1. The van der Waals surface area contributed by atoms with Gasteiger partial charge in [-0.2, -0.15) is 0 Å². The van der Waals surface area contributed by atoms with Gasteiger partial charge in [-0.25, -0.2) is 0 Å². The first-order chi connectivity index (χ1) is 6.15. The van der Waals surface area contributed by atoms with E-state index < -0.39 is 5.97 Å². The van der Waals surface area contributed by atoms with Crippen LogP contribution < -0.4 is 34.7 Å². The van der Waals surface area contributed by atoms with Crippen LogP contribution in [0.2, 0.25) is 0 Å². The van der Waals surface area contributed by atoms with Crippen LogP contribution in [0, 0.1) is 0 Å². The Morgan fingerprint density at radius 3 is 2.71 bits per heavy atom. The maximum atomic E-state index is 10.6. The molecule has 4 heteroatoms. The molecular weight excluding hydrogens is 191 g/mol. The van der Waals surface area contributed by atoms with E-state index in [0.717, 1.165) is 0 Å². The molecule has 1 N–H and O–H groups in total. The van der Waals surface area contributed by atoms with E-state index in [2.05, 4.69) is 6.58 Å². The fraction of sp³-hybridized carbons (Fsp3) is 0.100. The predicted molar refractivity (Wildman–Crippen MR) is 46.3 cm³/mol. The van der Waals surface area contributed by atoms with Crippen LogP contribution in [0.4, 0.5) is 0 Å². The first-order valence-electron chi connectivity index (χ1n) is 3.79. The zero-order valence-corrected chi connectivity index (χ0v) is 9.99. The third-order valence-corrected chi connectivity index (χ3v) is 1.67. The molecule has 0 fully saturated rings. The second-order valence-corrected chi connectivity index (χ2v) is 2.62. The molecule has 1 aromatic rings. The number of aromatic carboxylic acids is 1. The Morgan fingerprint density at radius 1 is 1.57 bits per heavy atom. The predicted octanol–water partition coefficient (Wildman–Crippen LogP) is -2.51. The Hall–Kier alpha value is -0.770. The minimum absolute atomic E-state index is 0. The Bertz CT molecular complexity index is 347. The van der Waals surface area contributed by atoms with Crippen LogP contribution in [0.1, 0.15) is 15.9 Å². The Labute approximate surface area is 104 Å². The van der Waals surface area contributed by atoms with Gasteiger partial charge in [-0.15, -0.1) is 6.58 Å². The monoisotopic (exact) mass is 200 g/mol. The topological polar surface area (TPSA) is 60.4 Å². The molecule has 0 heterocycles. The quantitative estimate of drug-likeness (QED) is 0.433. The normalized spacial score (nSPS) is 8.86. The second kappa shape index (κ2) is 5.86. The smallest absolute Gasteiger partial charge is 0.545 e. The van der Waals surface area contributed by atoms with Crippen molar-refractivity contribution in [3.8, 4) is 5.75 Å². The van der Waals surface area contributed by atoms with Crippen LogP contribution in [-0.4, -0.2) is 11.1 Å². The van der Waals surface area contributed by atoms with E-state index in [4.69, 9.17) is 5.11 Å². The molecule has 0 saturated carbocycles. The van der Waals surface area contributed by atoms with Gasteiger partial charge in [-0.1, -0.05) is 6.08 Å². The zero-order valence-electron chi connectivity index (χ0n) is 7.99. The van der Waals surface area contributed by atoms with Crippen LogP contribution in [0.25, 0.3) is 0 Å². The summed E-state index contributed by atoms with van der Waals surface area (Å²) in [5, 5.41) is 19.7. The largest absolute Gasteiger partial charge is 1.00 e. The van der Waals surface area contributed by atoms with Crippen molar-refractivity contribution in [1.29, 1.82) is 0 Å². The number of carboxylic acid groups (broad SMARTS) is 1. The van der Waals surface area contributed by atoms with E-state index in [1.165, 1.54) is 18.2 Å². The zero-order chi connectivity index (χ0) is 9.84. The maximum Gasteiger partial charge on any atom is 1.00 e. The molecule has 0 aliphatic carbocycles. The molecular formula is C10H9NaO3. The molecule has 0 aromatic heterocycles. The minimum atomic E-state index is -1.24. The molecule has 0 amide bonds. The summed E-state index contributed by atoms with van der Waals surface area (Å²) < 4.78 is 0. The number of hydrogen-bond acceptors (Lipinski definition) is 3. The van der Waals surface area contributed by atoms with E-state index in [0.29, 0.717) is 12.0 Å². The van der Waals surface area contributed by atoms with Crippen molar-refractivity contribution in [2.75, 3.05) is 0 Å². The average Bonchev–Trinajstić information content (AvgIpc) is 2.04. The molecule has 0 bridgehead atoms. The first-order valence-corrected chi connectivity index (χ1v) is 3.79. The summed E-state index contributed by atoms with van der Waals surface area (Å²) >= 11 is 0. The minimum Gasteiger partial charge on any atom is -0.545 e. The van der Waals surface area contributed by atoms with Gasteiger partial charge in [0.05, 0.1) is 5.97 Å². The molecule has 0 aliphatic rings. The van der Waals surface area contributed by atoms with E-state index in [9.17, 15) is 9.90 Å². The van der Waals surface area contributed by atoms with Crippen LogP contribution in [0.5, 0.6) is 5.75 Å². The van der Waals surface area contributed by atoms with E-state index in [1.54, 1.807) is 6.08 Å². The Kier molecular flexibility index (Phi) is 5.53. The van der Waals surface area contributed by atoms with E-state index >= 15 is 0 Å². The molecule has 1 rings (SSSR count). The van der Waals surface area contributed by atoms with Crippen molar-refractivity contribution >= 4 is 5.97 Å². The molecule has 68 valence electrons. The third kappa shape index (κ3) is 3.18. The SMILES string of the molecule is C=CCc1cc(O)ccc1C(=O)[O-].[Na+]. The first kappa shape index (κ1) is 13.2. The number of aromatic hydroxyl groups is 1. The second-order valence-electron chi connectivity index (χ2n) is 2.62. The summed E-state index contributed by atoms with van der Waals surface area (Å²) in [6.45, 7) is 3.49. The van der Waals surface area contributed by atoms with Gasteiger partial charge in [0.2, 0.25) is 0 Å². The Balaban J connectivity index is 0.00000169. The molecule has 14 heavy (non-hydrogen) atoms. The van der Waals surface area contributed by atoms with Crippen molar-refractivity contribution in [3.05, 3.63) is 42.0 Å². The Morgan fingerprint density at radius 2 is 2.21 bits per heavy atom. The van der Waals surface area contributed by atoms with Crippen LogP contribution in [0.15, 0.2) is 30.9 Å². The molecule has 0 saturated heterocycles. The van der Waals surface area contributed by atoms with Crippen molar-refractivity contribution < 1.29 is 44.6 Å². The van der Waals surface area contributed by atoms with Gasteiger partial charge in [0.25, 0.3) is 0 Å². The third-order valence-electron chi connectivity index (χ3n) is 1.67. The van der Waals surface area contributed by atoms with Crippen molar-refractivity contribution in [3.63, 3.8) is 0 Å². The fourth-order valence-corrected chi connectivity index (χ4v) is 1.10. The summed E-state index contributed by atoms with van der Waals surface area (Å²) in [6.07, 6.45) is 1.97. The molecule has 1 aromatic carbocycles. The fourth-order valence-electron chi connectivity index (χ4n) is 1.10. The number of rotatable bonds is 3. The number of carbonyl (C=O) groups excluding carboxylic acids is 1. The molecule has 0 spiro atoms. The summed E-state index contributed by atoms with van der Waals surface area (Å²) in [6, 6.07) is 4.04. The van der Waals surface area contributed by atoms with Gasteiger partial charge in [0, 0.05) is 5.56 Å². The van der Waals surface area contributed by atoms with Gasteiger partial charge in [0.1, 0.15) is 5.75 Å². The van der Waals surface area contributed by atoms with Crippen LogP contribution in [0.3, 0.4) is 0 Å². The molecule has 0 unspecified atom stereocenters. The van der Waals surface area contributed by atoms with E-state index in [-0.39, 0.29) is 40.9 Å². The molecule has 0 radical (unpaired) electrons. The molecule has 3 nitrogen and oxygen atoms in total. The van der Waals surface area contributed by atoms with Crippen molar-refractivity contribution in [1.82, 2.24) is 0 Å². The average molecular weight is 200 g/mol. The summed E-state index contributed by atoms with van der Waals surface area (Å²) in [5.41, 5.74) is 0.604. The number of hydrogen-bond donors (Lipinski definition) is 1. The van der Waals surface area contributed by atoms with Crippen LogP contribution >= 0.6 is 0 Å². The number of phenolic OH excluding ortho intramolecular Hbond substituents is 1. The van der Waals surface area contributed by atoms with Gasteiger partial charge in [-0.05, 0) is 30.2 Å². The number of allylic oxidation sites excluding steroid dienone is 1. The maximum absolute atomic E-state index is 10.6. The summed E-state index contributed by atoms with van der Waals surface area (Å²) in [7, 11) is 0. The summed E-state index contributed by atoms with van der Waals surface area (Å²) in [5.74, 6) is -1.20. The summed E-state index contributed by atoms with van der Waals surface area (Å²) in [4.78, 5) is 10.6.